The van der Waals surface area contributed by atoms with Crippen LogP contribution in [0.15, 0.2) is 97.2 Å². The van der Waals surface area contributed by atoms with Gasteiger partial charge in [0.25, 0.3) is 0 Å². The van der Waals surface area contributed by atoms with E-state index in [1.165, 1.54) is 167 Å². The summed E-state index contributed by atoms with van der Waals surface area (Å²) in [6.45, 7) is 5.67. The molecule has 0 aromatic carbocycles. The quantitative estimate of drug-likeness (QED) is 0.0195. The van der Waals surface area contributed by atoms with E-state index < -0.39 is 67.4 Å². The average molecular weight is 1230 g/mol. The average Bonchev–Trinajstić information content (AvgIpc) is 2.78. The van der Waals surface area contributed by atoms with E-state index >= 15 is 0 Å². The molecule has 88 heavy (non-hydrogen) atoms. The Balaban J connectivity index is 2.55. The van der Waals surface area contributed by atoms with Crippen molar-refractivity contribution >= 4 is 11.9 Å². The van der Waals surface area contributed by atoms with Crippen LogP contribution in [0, 0.1) is 0 Å². The molecule has 1 heterocycles. The van der Waals surface area contributed by atoms with Crippen LogP contribution in [-0.4, -0.2) is 99.6 Å². The molecule has 0 aliphatic carbocycles. The van der Waals surface area contributed by atoms with Gasteiger partial charge in [0.1, 0.15) is 24.4 Å². The Morgan fingerprint density at radius 2 is 0.818 bits per heavy atom. The Bertz CT molecular complexity index is 1800. The molecule has 1 aliphatic heterocycles. The summed E-state index contributed by atoms with van der Waals surface area (Å²) in [7, 11) is 0. The number of allylic oxidation sites excluding steroid dienone is 15. The zero-order valence-corrected chi connectivity index (χ0v) is 56.6. The van der Waals surface area contributed by atoms with E-state index in [4.69, 9.17) is 14.2 Å². The van der Waals surface area contributed by atoms with Crippen LogP contribution in [0.2, 0.25) is 0 Å². The van der Waals surface area contributed by atoms with Gasteiger partial charge >= 0.3 is 5.97 Å². The number of carbonyl (C=O) groups is 2. The smallest absolute Gasteiger partial charge is 0.306 e. The summed E-state index contributed by atoms with van der Waals surface area (Å²) in [5.74, 6) is -1.21. The summed E-state index contributed by atoms with van der Waals surface area (Å²) in [6, 6.07) is -1.04. The molecule has 8 atom stereocenters. The van der Waals surface area contributed by atoms with Gasteiger partial charge in [-0.3, -0.25) is 9.59 Å². The van der Waals surface area contributed by atoms with Gasteiger partial charge in [0.15, 0.2) is 12.4 Å². The van der Waals surface area contributed by atoms with Crippen LogP contribution in [0.1, 0.15) is 316 Å². The molecule has 0 bridgehead atoms. The van der Waals surface area contributed by atoms with Gasteiger partial charge in [0, 0.05) is 6.42 Å². The lowest BCUT2D eigenvalue weighted by Crippen LogP contribution is -2.61. The topological polar surface area (TPSA) is 175 Å². The van der Waals surface area contributed by atoms with Gasteiger partial charge in [-0.15, -0.1) is 0 Å². The van der Waals surface area contributed by atoms with Crippen LogP contribution in [-0.2, 0) is 23.8 Å². The van der Waals surface area contributed by atoms with Gasteiger partial charge in [-0.2, -0.15) is 0 Å². The fourth-order valence-corrected chi connectivity index (χ4v) is 11.0. The van der Waals surface area contributed by atoms with Gasteiger partial charge in [0.2, 0.25) is 5.91 Å². The van der Waals surface area contributed by atoms with Crippen molar-refractivity contribution in [1.82, 2.24) is 5.32 Å². The van der Waals surface area contributed by atoms with Crippen LogP contribution in [0.3, 0.4) is 0 Å². The van der Waals surface area contributed by atoms with Gasteiger partial charge < -0.3 is 45.1 Å². The van der Waals surface area contributed by atoms with Crippen molar-refractivity contribution in [1.29, 1.82) is 0 Å². The molecule has 6 N–H and O–H groups in total. The number of carbonyl (C=O) groups excluding carboxylic acids is 2. The molecule has 0 radical (unpaired) electrons. The number of nitrogens with one attached hydrogen (secondary N) is 1. The van der Waals surface area contributed by atoms with Gasteiger partial charge in [-0.05, 0) is 103 Å². The molecule has 1 amide bonds. The number of hydrogen-bond acceptors (Lipinski definition) is 10. The van der Waals surface area contributed by atoms with Crippen LogP contribution >= 0.6 is 0 Å². The number of aliphatic hydroxyl groups excluding tert-OH is 5. The van der Waals surface area contributed by atoms with Crippen LogP contribution in [0.25, 0.3) is 0 Å². The normalized spacial score (nSPS) is 18.8. The lowest BCUT2D eigenvalue weighted by molar-refractivity contribution is -0.305. The summed E-state index contributed by atoms with van der Waals surface area (Å²) < 4.78 is 17.7. The highest BCUT2D eigenvalue weighted by molar-refractivity contribution is 5.80. The molecule has 1 fully saturated rings. The van der Waals surface area contributed by atoms with Crippen molar-refractivity contribution in [3.63, 3.8) is 0 Å². The minimum atomic E-state index is -1.62. The lowest BCUT2D eigenvalue weighted by Gasteiger charge is -2.41. The van der Waals surface area contributed by atoms with E-state index in [9.17, 15) is 35.1 Å². The summed E-state index contributed by atoms with van der Waals surface area (Å²) in [5, 5.41) is 57.3. The van der Waals surface area contributed by atoms with E-state index in [1.54, 1.807) is 6.08 Å². The van der Waals surface area contributed by atoms with Crippen molar-refractivity contribution in [3.8, 4) is 0 Å². The first kappa shape index (κ1) is 82.6. The molecule has 8 unspecified atom stereocenters. The number of hydrogen-bond donors (Lipinski definition) is 6. The van der Waals surface area contributed by atoms with Crippen LogP contribution in [0.5, 0.6) is 0 Å². The first-order valence-corrected chi connectivity index (χ1v) is 36.5. The monoisotopic (exact) mass is 1230 g/mol. The van der Waals surface area contributed by atoms with Crippen molar-refractivity contribution < 1.29 is 49.3 Å². The molecule has 0 aromatic heterocycles. The molecule has 0 saturated carbocycles. The first-order valence-electron chi connectivity index (χ1n) is 36.5. The van der Waals surface area contributed by atoms with Gasteiger partial charge in [0.05, 0.1) is 25.4 Å². The Kier molecular flexibility index (Phi) is 59.8. The minimum Gasteiger partial charge on any atom is -0.454 e. The standard InChI is InChI=1S/C77H135NO10/c1-4-7-10-13-16-19-22-25-27-29-31-33-34-35-36-37-38-39-41-43-45-47-50-53-56-59-62-65-72(82)88-75-74(84)73(83)71(66-79)87-77(75)86-67-68(69(80)63-60-57-54-51-48-24-21-18-15-12-9-6-3)78-76(85)70(81)64-61-58-55-52-49-46-44-42-40-32-30-28-26-23-20-17-14-11-8-5-2/h8,11,16-17,19-20,25-28,32,40,44,46,60,63,68-71,73-75,77,79-81,83-84H,4-7,9-10,12-15,18,21-24,29-31,33-39,41-43,45,47-59,61-62,64-67H2,1-3H3,(H,78,85)/b11-8-,19-16-,20-17-,27-25-,28-26-,40-32-,46-44-,63-60+. The SMILES string of the molecule is CC/C=C\C/C=C\C/C=C\C/C=C\C/C=C\CCCCCCC(O)C(=O)NC(COC1OC(CO)C(O)C(O)C1OC(=O)CCCCCCCCCCCCCCCCCCC/C=C\C/C=C\CCCCC)C(O)/C=C/CCCCCCCCCCCC. The number of ether oxygens (including phenoxy) is 3. The van der Waals surface area contributed by atoms with E-state index in [2.05, 4.69) is 111 Å². The van der Waals surface area contributed by atoms with Gasteiger partial charge in [-0.25, -0.2) is 0 Å². The summed E-state index contributed by atoms with van der Waals surface area (Å²) in [6.07, 6.45) is 75.9. The Morgan fingerprint density at radius 3 is 1.25 bits per heavy atom. The molecule has 1 rings (SSSR count). The predicted molar refractivity (Wildman–Crippen MR) is 370 cm³/mol. The van der Waals surface area contributed by atoms with E-state index in [0.717, 1.165) is 103 Å². The maximum atomic E-state index is 13.5. The highest BCUT2D eigenvalue weighted by Crippen LogP contribution is 2.26. The van der Waals surface area contributed by atoms with Crippen molar-refractivity contribution in [2.24, 2.45) is 0 Å². The van der Waals surface area contributed by atoms with Crippen LogP contribution in [0.4, 0.5) is 0 Å². The molecule has 508 valence electrons. The Morgan fingerprint density at radius 1 is 0.455 bits per heavy atom. The van der Waals surface area contributed by atoms with E-state index in [-0.39, 0.29) is 19.4 Å². The summed E-state index contributed by atoms with van der Waals surface area (Å²) in [5.41, 5.74) is 0. The molecule has 0 aromatic rings. The zero-order valence-electron chi connectivity index (χ0n) is 56.6. The van der Waals surface area contributed by atoms with E-state index in [1.807, 2.05) is 6.08 Å². The minimum absolute atomic E-state index is 0.119. The van der Waals surface area contributed by atoms with E-state index in [0.29, 0.717) is 12.8 Å². The second kappa shape index (κ2) is 63.7. The third-order valence-corrected chi connectivity index (χ3v) is 16.7. The molecular formula is C77H135NO10. The lowest BCUT2D eigenvalue weighted by atomic mass is 9.99. The fourth-order valence-electron chi connectivity index (χ4n) is 11.0. The van der Waals surface area contributed by atoms with Crippen molar-refractivity contribution in [2.45, 2.75) is 365 Å². The molecule has 11 nitrogen and oxygen atoms in total. The number of unbranched alkanes of at least 4 members (excludes halogenated alkanes) is 34. The largest absolute Gasteiger partial charge is 0.454 e. The summed E-state index contributed by atoms with van der Waals surface area (Å²) in [4.78, 5) is 26.7. The zero-order chi connectivity index (χ0) is 63.9. The highest BCUT2D eigenvalue weighted by atomic mass is 16.7. The fraction of sp³-hybridized carbons (Fsp3) is 0.766. The predicted octanol–water partition coefficient (Wildman–Crippen LogP) is 19.0. The third-order valence-electron chi connectivity index (χ3n) is 16.7. The Hall–Kier alpha value is -3.42. The number of aliphatic hydroxyl groups is 5. The maximum absolute atomic E-state index is 13.5. The van der Waals surface area contributed by atoms with Gasteiger partial charge in [-0.1, -0.05) is 304 Å². The molecular weight excluding hydrogens is 1100 g/mol. The van der Waals surface area contributed by atoms with Crippen LogP contribution < -0.4 is 5.32 Å². The second-order valence-electron chi connectivity index (χ2n) is 24.9. The molecule has 1 aliphatic rings. The third kappa shape index (κ3) is 50.3. The molecule has 1 saturated heterocycles. The maximum Gasteiger partial charge on any atom is 0.306 e. The Labute approximate surface area is 539 Å². The number of rotatable bonds is 62. The first-order chi connectivity index (χ1) is 43.2. The molecule has 0 spiro atoms. The number of amides is 1. The second-order valence-corrected chi connectivity index (χ2v) is 24.9. The highest BCUT2D eigenvalue weighted by Gasteiger charge is 2.47. The summed E-state index contributed by atoms with van der Waals surface area (Å²) >= 11 is 0. The molecule has 11 heteroatoms. The van der Waals surface area contributed by atoms with Crippen molar-refractivity contribution in [2.75, 3.05) is 13.2 Å². The van der Waals surface area contributed by atoms with Crippen molar-refractivity contribution in [3.05, 3.63) is 97.2 Å². The number of esters is 1.